The molecule has 0 spiro atoms. The normalized spacial score (nSPS) is 11.2. The maximum Gasteiger partial charge on any atom is 0.250 e. The van der Waals surface area contributed by atoms with Crippen LogP contribution in [-0.4, -0.2) is 32.6 Å². The van der Waals surface area contributed by atoms with Crippen LogP contribution in [0.5, 0.6) is 0 Å². The molecule has 29 heavy (non-hydrogen) atoms. The zero-order valence-electron chi connectivity index (χ0n) is 15.9. The van der Waals surface area contributed by atoms with Gasteiger partial charge in [-0.3, -0.25) is 4.79 Å². The van der Waals surface area contributed by atoms with Gasteiger partial charge in [0, 0.05) is 17.7 Å². The number of nitrogens with one attached hydrogen (secondary N) is 1. The minimum absolute atomic E-state index is 0.0916. The van der Waals surface area contributed by atoms with Crippen LogP contribution in [0.1, 0.15) is 18.1 Å². The van der Waals surface area contributed by atoms with Crippen molar-refractivity contribution in [2.45, 2.75) is 25.5 Å². The Labute approximate surface area is 177 Å². The van der Waals surface area contributed by atoms with Gasteiger partial charge in [0.05, 0.1) is 17.0 Å². The number of rotatable bonds is 7. The SMILES string of the molecule is CCn1c(SCC(=O)N/N=C/c2c(F)cccc2Cl)nnc1-c1ccc(C)cc1. The number of thioether (sulfide) groups is 1. The summed E-state index contributed by atoms with van der Waals surface area (Å²) in [4.78, 5) is 12.1. The van der Waals surface area contributed by atoms with Crippen molar-refractivity contribution in [3.8, 4) is 11.4 Å². The van der Waals surface area contributed by atoms with E-state index in [1.165, 1.54) is 35.7 Å². The van der Waals surface area contributed by atoms with E-state index in [2.05, 4.69) is 20.7 Å². The highest BCUT2D eigenvalue weighted by Gasteiger charge is 2.14. The lowest BCUT2D eigenvalue weighted by molar-refractivity contribution is -0.118. The van der Waals surface area contributed by atoms with Crippen LogP contribution in [0.25, 0.3) is 11.4 Å². The summed E-state index contributed by atoms with van der Waals surface area (Å²) < 4.78 is 15.6. The summed E-state index contributed by atoms with van der Waals surface area (Å²) in [6, 6.07) is 12.3. The standard InChI is InChI=1S/C20H19ClFN5OS/c1-3-27-19(14-9-7-13(2)8-10-14)25-26-20(27)29-12-18(28)24-23-11-15-16(21)5-4-6-17(15)22/h4-11H,3,12H2,1-2H3,(H,24,28)/b23-11+. The number of aryl methyl sites for hydroxylation is 1. The first-order valence-corrected chi connectivity index (χ1v) is 10.2. The zero-order valence-corrected chi connectivity index (χ0v) is 17.5. The number of carbonyl (C=O) groups excluding carboxylic acids is 1. The van der Waals surface area contributed by atoms with Crippen LogP contribution in [0.4, 0.5) is 4.39 Å². The summed E-state index contributed by atoms with van der Waals surface area (Å²) in [7, 11) is 0. The van der Waals surface area contributed by atoms with Crippen molar-refractivity contribution < 1.29 is 9.18 Å². The molecule has 2 aromatic carbocycles. The molecule has 6 nitrogen and oxygen atoms in total. The fourth-order valence-corrected chi connectivity index (χ4v) is 3.57. The first kappa shape index (κ1) is 21.0. The molecule has 3 aromatic rings. The molecule has 0 unspecified atom stereocenters. The molecule has 0 aliphatic carbocycles. The third kappa shape index (κ3) is 5.21. The van der Waals surface area contributed by atoms with E-state index < -0.39 is 5.82 Å². The number of aromatic nitrogens is 3. The monoisotopic (exact) mass is 431 g/mol. The van der Waals surface area contributed by atoms with Crippen LogP contribution in [0.15, 0.2) is 52.7 Å². The van der Waals surface area contributed by atoms with E-state index in [1.807, 2.05) is 42.7 Å². The van der Waals surface area contributed by atoms with Crippen LogP contribution >= 0.6 is 23.4 Å². The van der Waals surface area contributed by atoms with E-state index in [1.54, 1.807) is 6.07 Å². The van der Waals surface area contributed by atoms with Gasteiger partial charge < -0.3 is 4.57 Å². The molecule has 1 N–H and O–H groups in total. The van der Waals surface area contributed by atoms with Crippen molar-refractivity contribution in [3.05, 3.63) is 64.4 Å². The van der Waals surface area contributed by atoms with Crippen LogP contribution in [0.3, 0.4) is 0 Å². The Kier molecular flexibility index (Phi) is 7.00. The molecular formula is C20H19ClFN5OS. The maximum atomic E-state index is 13.7. The molecule has 9 heteroatoms. The fraction of sp³-hybridized carbons (Fsp3) is 0.200. The van der Waals surface area contributed by atoms with Gasteiger partial charge in [-0.25, -0.2) is 9.82 Å². The molecule has 0 atom stereocenters. The van der Waals surface area contributed by atoms with Gasteiger partial charge in [0.1, 0.15) is 5.82 Å². The molecule has 1 aromatic heterocycles. The predicted octanol–water partition coefficient (Wildman–Crippen LogP) is 4.31. The van der Waals surface area contributed by atoms with Crippen molar-refractivity contribution in [3.63, 3.8) is 0 Å². The summed E-state index contributed by atoms with van der Waals surface area (Å²) in [5, 5.41) is 13.1. The Morgan fingerprint density at radius 2 is 2.03 bits per heavy atom. The van der Waals surface area contributed by atoms with E-state index in [9.17, 15) is 9.18 Å². The summed E-state index contributed by atoms with van der Waals surface area (Å²) in [6.07, 6.45) is 1.18. The van der Waals surface area contributed by atoms with Gasteiger partial charge in [-0.1, -0.05) is 59.3 Å². The first-order chi connectivity index (χ1) is 14.0. The highest BCUT2D eigenvalue weighted by Crippen LogP contribution is 2.24. The number of carbonyl (C=O) groups is 1. The second-order valence-corrected chi connectivity index (χ2v) is 7.48. The lowest BCUT2D eigenvalue weighted by atomic mass is 10.1. The maximum absolute atomic E-state index is 13.7. The summed E-state index contributed by atoms with van der Waals surface area (Å²) >= 11 is 7.17. The van der Waals surface area contributed by atoms with Gasteiger partial charge in [-0.05, 0) is 26.0 Å². The van der Waals surface area contributed by atoms with Crippen LogP contribution in [0, 0.1) is 12.7 Å². The number of benzene rings is 2. The molecule has 3 rings (SSSR count). The third-order valence-corrected chi connectivity index (χ3v) is 5.35. The quantitative estimate of drug-likeness (QED) is 0.344. The average molecular weight is 432 g/mol. The van der Waals surface area contributed by atoms with Crippen molar-refractivity contribution in [1.82, 2.24) is 20.2 Å². The van der Waals surface area contributed by atoms with Crippen molar-refractivity contribution >= 4 is 35.5 Å². The molecule has 1 heterocycles. The lowest BCUT2D eigenvalue weighted by Crippen LogP contribution is -2.20. The molecule has 0 saturated carbocycles. The van der Waals surface area contributed by atoms with E-state index in [0.717, 1.165) is 11.4 Å². The number of hydrogen-bond acceptors (Lipinski definition) is 5. The largest absolute Gasteiger partial charge is 0.302 e. The van der Waals surface area contributed by atoms with Gasteiger partial charge in [-0.2, -0.15) is 5.10 Å². The molecule has 1 amide bonds. The fourth-order valence-electron chi connectivity index (χ4n) is 2.56. The van der Waals surface area contributed by atoms with Gasteiger partial charge in [0.15, 0.2) is 11.0 Å². The summed E-state index contributed by atoms with van der Waals surface area (Å²) in [5.74, 6) is -0.0117. The van der Waals surface area contributed by atoms with Crippen LogP contribution in [-0.2, 0) is 11.3 Å². The molecule has 0 radical (unpaired) electrons. The van der Waals surface area contributed by atoms with Gasteiger partial charge >= 0.3 is 0 Å². The Balaban J connectivity index is 1.62. The van der Waals surface area contributed by atoms with E-state index in [4.69, 9.17) is 11.6 Å². The van der Waals surface area contributed by atoms with Crippen molar-refractivity contribution in [2.24, 2.45) is 5.10 Å². The van der Waals surface area contributed by atoms with Gasteiger partial charge in [-0.15, -0.1) is 10.2 Å². The Morgan fingerprint density at radius 1 is 1.28 bits per heavy atom. The molecule has 150 valence electrons. The molecular weight excluding hydrogens is 413 g/mol. The minimum atomic E-state index is -0.510. The molecule has 0 bridgehead atoms. The van der Waals surface area contributed by atoms with Crippen LogP contribution in [0.2, 0.25) is 5.02 Å². The van der Waals surface area contributed by atoms with E-state index >= 15 is 0 Å². The molecule has 0 aliphatic heterocycles. The molecule has 0 fully saturated rings. The number of hydrazone groups is 1. The number of nitrogens with zero attached hydrogens (tertiary/aromatic N) is 4. The smallest absolute Gasteiger partial charge is 0.250 e. The van der Waals surface area contributed by atoms with Gasteiger partial charge in [0.25, 0.3) is 5.91 Å². The highest BCUT2D eigenvalue weighted by atomic mass is 35.5. The zero-order chi connectivity index (χ0) is 20.8. The molecule has 0 saturated heterocycles. The third-order valence-electron chi connectivity index (χ3n) is 4.06. The number of amides is 1. The summed E-state index contributed by atoms with van der Waals surface area (Å²) in [5.41, 5.74) is 4.62. The minimum Gasteiger partial charge on any atom is -0.302 e. The lowest BCUT2D eigenvalue weighted by Gasteiger charge is -2.07. The van der Waals surface area contributed by atoms with Gasteiger partial charge in [0.2, 0.25) is 0 Å². The van der Waals surface area contributed by atoms with Crippen molar-refractivity contribution in [1.29, 1.82) is 0 Å². The first-order valence-electron chi connectivity index (χ1n) is 8.88. The molecule has 0 aliphatic rings. The van der Waals surface area contributed by atoms with E-state index in [0.29, 0.717) is 11.7 Å². The second kappa shape index (κ2) is 9.67. The van der Waals surface area contributed by atoms with E-state index in [-0.39, 0.29) is 22.2 Å². The Morgan fingerprint density at radius 3 is 2.72 bits per heavy atom. The van der Waals surface area contributed by atoms with Crippen LogP contribution < -0.4 is 5.43 Å². The second-order valence-electron chi connectivity index (χ2n) is 6.13. The average Bonchev–Trinajstić information content (AvgIpc) is 3.12. The Hall–Kier alpha value is -2.71. The topological polar surface area (TPSA) is 72.2 Å². The highest BCUT2D eigenvalue weighted by molar-refractivity contribution is 7.99. The Bertz CT molecular complexity index is 1020. The van der Waals surface area contributed by atoms with Crippen molar-refractivity contribution in [2.75, 3.05) is 5.75 Å². The summed E-state index contributed by atoms with van der Waals surface area (Å²) in [6.45, 7) is 4.69. The predicted molar refractivity (Wildman–Crippen MR) is 114 cm³/mol. The number of hydrogen-bond donors (Lipinski definition) is 1. The number of halogens is 2.